The molecule has 0 aliphatic carbocycles. The molecule has 0 fully saturated rings. The van der Waals surface area contributed by atoms with Gasteiger partial charge in [0, 0.05) is 11.7 Å². The summed E-state index contributed by atoms with van der Waals surface area (Å²) in [7, 11) is 0. The molecule has 0 bridgehead atoms. The van der Waals surface area contributed by atoms with Gasteiger partial charge in [0.2, 0.25) is 0 Å². The number of esters is 1. The van der Waals surface area contributed by atoms with Crippen LogP contribution in [0.5, 0.6) is 0 Å². The molecule has 0 spiro atoms. The summed E-state index contributed by atoms with van der Waals surface area (Å²) in [6.45, 7) is 4.08. The minimum Gasteiger partial charge on any atom is -0.462 e. The predicted molar refractivity (Wildman–Crippen MR) is 80.8 cm³/mol. The Morgan fingerprint density at radius 1 is 1.24 bits per heavy atom. The maximum atomic E-state index is 13.2. The van der Waals surface area contributed by atoms with Gasteiger partial charge in [0.1, 0.15) is 5.82 Å². The SMILES string of the molecule is CCOC(=O)c1ccc(NC(C)c2cccc(F)c2)cc1. The lowest BCUT2D eigenvalue weighted by Crippen LogP contribution is -2.08. The number of benzene rings is 2. The molecule has 0 saturated carbocycles. The number of carbonyl (C=O) groups excluding carboxylic acids is 1. The van der Waals surface area contributed by atoms with Crippen molar-refractivity contribution in [3.05, 3.63) is 65.5 Å². The highest BCUT2D eigenvalue weighted by Crippen LogP contribution is 2.20. The Bertz CT molecular complexity index is 610. The fourth-order valence-corrected chi connectivity index (χ4v) is 2.03. The lowest BCUT2D eigenvalue weighted by molar-refractivity contribution is 0.0526. The van der Waals surface area contributed by atoms with Gasteiger partial charge < -0.3 is 10.1 Å². The molecule has 1 unspecified atom stereocenters. The van der Waals surface area contributed by atoms with Crippen LogP contribution < -0.4 is 5.32 Å². The van der Waals surface area contributed by atoms with E-state index in [4.69, 9.17) is 4.74 Å². The van der Waals surface area contributed by atoms with Crippen LogP contribution in [0.25, 0.3) is 0 Å². The minimum atomic E-state index is -0.331. The number of rotatable bonds is 5. The average molecular weight is 287 g/mol. The first-order valence-corrected chi connectivity index (χ1v) is 6.89. The summed E-state index contributed by atoms with van der Waals surface area (Å²) in [5.74, 6) is -0.582. The van der Waals surface area contributed by atoms with E-state index in [1.54, 1.807) is 25.1 Å². The second-order valence-electron chi connectivity index (χ2n) is 4.72. The number of hydrogen-bond donors (Lipinski definition) is 1. The van der Waals surface area contributed by atoms with Crippen LogP contribution in [0.4, 0.5) is 10.1 Å². The topological polar surface area (TPSA) is 38.3 Å². The maximum Gasteiger partial charge on any atom is 0.338 e. The van der Waals surface area contributed by atoms with Crippen molar-refractivity contribution in [1.82, 2.24) is 0 Å². The molecule has 110 valence electrons. The lowest BCUT2D eigenvalue weighted by Gasteiger charge is -2.16. The molecule has 0 amide bonds. The van der Waals surface area contributed by atoms with E-state index in [9.17, 15) is 9.18 Å². The van der Waals surface area contributed by atoms with Crippen LogP contribution in [0.2, 0.25) is 0 Å². The first-order chi connectivity index (χ1) is 10.1. The van der Waals surface area contributed by atoms with Crippen molar-refractivity contribution in [3.63, 3.8) is 0 Å². The summed E-state index contributed by atoms with van der Waals surface area (Å²) in [5.41, 5.74) is 2.24. The quantitative estimate of drug-likeness (QED) is 0.839. The molecule has 0 aliphatic heterocycles. The molecule has 2 aromatic rings. The molecule has 2 rings (SSSR count). The Hall–Kier alpha value is -2.36. The van der Waals surface area contributed by atoms with Crippen LogP contribution in [-0.4, -0.2) is 12.6 Å². The number of ether oxygens (including phenoxy) is 1. The van der Waals surface area contributed by atoms with Crippen molar-refractivity contribution in [2.45, 2.75) is 19.9 Å². The molecule has 1 N–H and O–H groups in total. The van der Waals surface area contributed by atoms with Crippen molar-refractivity contribution < 1.29 is 13.9 Å². The highest BCUT2D eigenvalue weighted by atomic mass is 19.1. The van der Waals surface area contributed by atoms with Gasteiger partial charge in [0.25, 0.3) is 0 Å². The van der Waals surface area contributed by atoms with Crippen molar-refractivity contribution in [2.24, 2.45) is 0 Å². The molecule has 2 aromatic carbocycles. The largest absolute Gasteiger partial charge is 0.462 e. The summed E-state index contributed by atoms with van der Waals surface area (Å²) in [5, 5.41) is 3.26. The van der Waals surface area contributed by atoms with Gasteiger partial charge in [-0.15, -0.1) is 0 Å². The van der Waals surface area contributed by atoms with E-state index in [0.717, 1.165) is 11.3 Å². The Balaban J connectivity index is 2.04. The normalized spacial score (nSPS) is 11.8. The second kappa shape index (κ2) is 6.88. The zero-order valence-corrected chi connectivity index (χ0v) is 12.1. The molecular formula is C17H18FNO2. The van der Waals surface area contributed by atoms with Crippen LogP contribution in [0.3, 0.4) is 0 Å². The maximum absolute atomic E-state index is 13.2. The lowest BCUT2D eigenvalue weighted by atomic mass is 10.1. The van der Waals surface area contributed by atoms with Crippen molar-refractivity contribution in [1.29, 1.82) is 0 Å². The van der Waals surface area contributed by atoms with E-state index in [-0.39, 0.29) is 17.8 Å². The van der Waals surface area contributed by atoms with E-state index in [0.29, 0.717) is 12.2 Å². The molecular weight excluding hydrogens is 269 g/mol. The predicted octanol–water partition coefficient (Wildman–Crippen LogP) is 4.18. The van der Waals surface area contributed by atoms with E-state index < -0.39 is 0 Å². The van der Waals surface area contributed by atoms with Crippen LogP contribution in [0, 0.1) is 5.82 Å². The zero-order valence-electron chi connectivity index (χ0n) is 12.1. The minimum absolute atomic E-state index is 0.0332. The Labute approximate surface area is 123 Å². The van der Waals surface area contributed by atoms with E-state index in [2.05, 4.69) is 5.32 Å². The molecule has 0 heterocycles. The summed E-state index contributed by atoms with van der Waals surface area (Å²) in [4.78, 5) is 11.6. The summed E-state index contributed by atoms with van der Waals surface area (Å²) in [6.07, 6.45) is 0. The average Bonchev–Trinajstić information content (AvgIpc) is 2.48. The van der Waals surface area contributed by atoms with Crippen LogP contribution >= 0.6 is 0 Å². The molecule has 0 aromatic heterocycles. The highest BCUT2D eigenvalue weighted by Gasteiger charge is 2.08. The van der Waals surface area contributed by atoms with Gasteiger partial charge in [0.15, 0.2) is 0 Å². The molecule has 4 heteroatoms. The fraction of sp³-hybridized carbons (Fsp3) is 0.235. The fourth-order valence-electron chi connectivity index (χ4n) is 2.03. The third-order valence-electron chi connectivity index (χ3n) is 3.13. The van der Waals surface area contributed by atoms with Gasteiger partial charge in [-0.1, -0.05) is 12.1 Å². The number of nitrogens with one attached hydrogen (secondary N) is 1. The molecule has 1 atom stereocenters. The summed E-state index contributed by atoms with van der Waals surface area (Å²) < 4.78 is 18.1. The molecule has 3 nitrogen and oxygen atoms in total. The first kappa shape index (κ1) is 15.0. The Kier molecular flexibility index (Phi) is 4.93. The highest BCUT2D eigenvalue weighted by molar-refractivity contribution is 5.89. The number of hydrogen-bond acceptors (Lipinski definition) is 3. The van der Waals surface area contributed by atoms with Crippen LogP contribution in [0.15, 0.2) is 48.5 Å². The van der Waals surface area contributed by atoms with Gasteiger partial charge in [-0.3, -0.25) is 0 Å². The van der Waals surface area contributed by atoms with Gasteiger partial charge >= 0.3 is 5.97 Å². The monoisotopic (exact) mass is 287 g/mol. The van der Waals surface area contributed by atoms with E-state index in [1.165, 1.54) is 12.1 Å². The Morgan fingerprint density at radius 3 is 2.57 bits per heavy atom. The standard InChI is InChI=1S/C17H18FNO2/c1-3-21-17(20)13-7-9-16(10-8-13)19-12(2)14-5-4-6-15(18)11-14/h4-12,19H,3H2,1-2H3. The second-order valence-corrected chi connectivity index (χ2v) is 4.72. The van der Waals surface area contributed by atoms with Crippen molar-refractivity contribution in [3.8, 4) is 0 Å². The van der Waals surface area contributed by atoms with Crippen LogP contribution in [-0.2, 0) is 4.74 Å². The smallest absolute Gasteiger partial charge is 0.338 e. The van der Waals surface area contributed by atoms with Gasteiger partial charge in [-0.2, -0.15) is 0 Å². The number of carbonyl (C=O) groups is 1. The molecule has 0 saturated heterocycles. The molecule has 0 radical (unpaired) electrons. The third-order valence-corrected chi connectivity index (χ3v) is 3.13. The van der Waals surface area contributed by atoms with Crippen molar-refractivity contribution in [2.75, 3.05) is 11.9 Å². The van der Waals surface area contributed by atoms with Gasteiger partial charge in [0.05, 0.1) is 12.2 Å². The molecule has 21 heavy (non-hydrogen) atoms. The summed E-state index contributed by atoms with van der Waals surface area (Å²) in [6, 6.07) is 13.5. The van der Waals surface area contributed by atoms with E-state index in [1.807, 2.05) is 25.1 Å². The third kappa shape index (κ3) is 4.05. The number of halogens is 1. The van der Waals surface area contributed by atoms with Crippen LogP contribution in [0.1, 0.15) is 35.8 Å². The number of anilines is 1. The molecule has 0 aliphatic rings. The van der Waals surface area contributed by atoms with E-state index >= 15 is 0 Å². The van der Waals surface area contributed by atoms with Gasteiger partial charge in [-0.05, 0) is 55.8 Å². The summed E-state index contributed by atoms with van der Waals surface area (Å²) >= 11 is 0. The first-order valence-electron chi connectivity index (χ1n) is 6.89. The van der Waals surface area contributed by atoms with Gasteiger partial charge in [-0.25, -0.2) is 9.18 Å². The van der Waals surface area contributed by atoms with Crippen molar-refractivity contribution >= 4 is 11.7 Å². The Morgan fingerprint density at radius 2 is 1.95 bits per heavy atom. The zero-order chi connectivity index (χ0) is 15.2.